The second kappa shape index (κ2) is 13.4. The van der Waals surface area contributed by atoms with E-state index < -0.39 is 24.0 Å². The lowest BCUT2D eigenvalue weighted by atomic mass is 9.90. The molecule has 0 amide bonds. The number of carbonyl (C=O) groups is 1. The summed E-state index contributed by atoms with van der Waals surface area (Å²) in [4.78, 5) is 11.6. The lowest BCUT2D eigenvalue weighted by Crippen LogP contribution is -2.35. The normalized spacial score (nSPS) is 26.2. The van der Waals surface area contributed by atoms with Crippen molar-refractivity contribution in [1.29, 1.82) is 0 Å². The summed E-state index contributed by atoms with van der Waals surface area (Å²) in [6, 6.07) is 7.04. The van der Waals surface area contributed by atoms with Gasteiger partial charge in [-0.2, -0.15) is 0 Å². The number of carbonyl (C=O) groups excluding carboxylic acids is 1. The van der Waals surface area contributed by atoms with Gasteiger partial charge in [0.15, 0.2) is 0 Å². The number of benzene rings is 1. The van der Waals surface area contributed by atoms with E-state index >= 15 is 0 Å². The molecule has 4 atom stereocenters. The zero-order valence-electron chi connectivity index (χ0n) is 20.4. The number of aliphatic hydroxyl groups is 1. The van der Waals surface area contributed by atoms with Crippen LogP contribution in [0, 0.1) is 11.8 Å². The third-order valence-corrected chi connectivity index (χ3v) is 6.39. The molecule has 6 nitrogen and oxygen atoms in total. The summed E-state index contributed by atoms with van der Waals surface area (Å²) in [6.07, 6.45) is 7.84. The topological polar surface area (TPSA) is 74.2 Å². The van der Waals surface area contributed by atoms with Crippen molar-refractivity contribution in [2.75, 3.05) is 19.8 Å². The molecule has 1 saturated carbocycles. The number of hydrogen-bond acceptors (Lipinski definition) is 6. The van der Waals surface area contributed by atoms with Crippen LogP contribution in [0.1, 0.15) is 46.0 Å². The Morgan fingerprint density at radius 2 is 2.09 bits per heavy atom. The van der Waals surface area contributed by atoms with Gasteiger partial charge in [0.25, 0.3) is 0 Å². The first kappa shape index (κ1) is 27.7. The number of unbranched alkanes of at least 4 members (excludes halogenated alkanes) is 1. The van der Waals surface area contributed by atoms with Gasteiger partial charge in [-0.15, -0.1) is 0 Å². The number of ether oxygens (including phenoxy) is 4. The Morgan fingerprint density at radius 3 is 2.80 bits per heavy atom. The standard InChI is InChI=1S/C27H36ClFO6/c1-19(2)35-26(31)11-6-4-3-5-10-23-22(24(29)17-25(23)30)12-13-27(33-14-15-34-27)18-32-21-9-7-8-20(28)16-21/h3,5,7-9,12-13,16,19,22-25,30H,4,6,10-11,14-15,17-18H2,1-2H3/b5-3-,13-12+/t22-,23-,24+,25+/m1/s1. The predicted molar refractivity (Wildman–Crippen MR) is 132 cm³/mol. The molecule has 35 heavy (non-hydrogen) atoms. The highest BCUT2D eigenvalue weighted by Gasteiger charge is 2.42. The van der Waals surface area contributed by atoms with Crippen molar-refractivity contribution in [3.05, 3.63) is 53.6 Å². The molecular formula is C27H36ClFO6. The molecule has 1 N–H and O–H groups in total. The molecule has 3 rings (SSSR count). The van der Waals surface area contributed by atoms with Crippen molar-refractivity contribution in [2.24, 2.45) is 11.8 Å². The quantitative estimate of drug-likeness (QED) is 0.230. The molecule has 2 fully saturated rings. The van der Waals surface area contributed by atoms with Crippen molar-refractivity contribution in [2.45, 2.75) is 70.1 Å². The molecule has 194 valence electrons. The molecule has 8 heteroatoms. The van der Waals surface area contributed by atoms with Gasteiger partial charge in [-0.1, -0.05) is 35.9 Å². The first-order chi connectivity index (χ1) is 16.8. The SMILES string of the molecule is CC(C)OC(=O)CCC/C=C\C[C@@H]1[C@@H](/C=C/C2(COc3cccc(Cl)c3)OCCO2)[C@@H](F)C[C@@H]1O. The van der Waals surface area contributed by atoms with Crippen molar-refractivity contribution in [1.82, 2.24) is 0 Å². The van der Waals surface area contributed by atoms with Gasteiger partial charge in [0.05, 0.1) is 25.4 Å². The monoisotopic (exact) mass is 510 g/mol. The number of aliphatic hydroxyl groups excluding tert-OH is 1. The largest absolute Gasteiger partial charge is 0.488 e. The van der Waals surface area contributed by atoms with Crippen LogP contribution in [0.3, 0.4) is 0 Å². The molecule has 0 radical (unpaired) electrons. The van der Waals surface area contributed by atoms with Gasteiger partial charge in [-0.05, 0) is 63.3 Å². The van der Waals surface area contributed by atoms with Crippen LogP contribution in [-0.2, 0) is 19.0 Å². The van der Waals surface area contributed by atoms with Crippen LogP contribution in [0.2, 0.25) is 5.02 Å². The smallest absolute Gasteiger partial charge is 0.306 e. The van der Waals surface area contributed by atoms with Crippen LogP contribution >= 0.6 is 11.6 Å². The van der Waals surface area contributed by atoms with Crippen molar-refractivity contribution in [3.63, 3.8) is 0 Å². The summed E-state index contributed by atoms with van der Waals surface area (Å²) < 4.78 is 37.4. The molecule has 1 aromatic rings. The maximum atomic E-state index is 14.8. The van der Waals surface area contributed by atoms with E-state index in [4.69, 9.17) is 30.5 Å². The highest BCUT2D eigenvalue weighted by molar-refractivity contribution is 6.30. The average molecular weight is 511 g/mol. The van der Waals surface area contributed by atoms with Crippen LogP contribution in [0.5, 0.6) is 5.75 Å². The Balaban J connectivity index is 1.54. The molecule has 1 heterocycles. The Hall–Kier alpha value is -1.93. The van der Waals surface area contributed by atoms with E-state index in [1.54, 1.807) is 36.4 Å². The van der Waals surface area contributed by atoms with Crippen molar-refractivity contribution < 1.29 is 33.2 Å². The third kappa shape index (κ3) is 8.60. The van der Waals surface area contributed by atoms with Crippen LogP contribution in [-0.4, -0.2) is 55.1 Å². The summed E-state index contributed by atoms with van der Waals surface area (Å²) in [6.45, 7) is 4.57. The first-order valence-corrected chi connectivity index (χ1v) is 12.7. The molecule has 1 aromatic carbocycles. The maximum absolute atomic E-state index is 14.8. The second-order valence-corrected chi connectivity index (χ2v) is 9.75. The highest BCUT2D eigenvalue weighted by Crippen LogP contribution is 2.39. The van der Waals surface area contributed by atoms with E-state index in [0.717, 1.165) is 6.42 Å². The minimum Gasteiger partial charge on any atom is -0.488 e. The fraction of sp³-hybridized carbons (Fsp3) is 0.593. The molecular weight excluding hydrogens is 475 g/mol. The van der Waals surface area contributed by atoms with Crippen LogP contribution in [0.25, 0.3) is 0 Å². The first-order valence-electron chi connectivity index (χ1n) is 12.3. The van der Waals surface area contributed by atoms with Crippen LogP contribution in [0.15, 0.2) is 48.6 Å². The van der Waals surface area contributed by atoms with E-state index in [2.05, 4.69) is 0 Å². The van der Waals surface area contributed by atoms with Gasteiger partial charge in [0.1, 0.15) is 18.5 Å². The fourth-order valence-corrected chi connectivity index (χ4v) is 4.60. The summed E-state index contributed by atoms with van der Waals surface area (Å²) in [5.74, 6) is -1.44. The Labute approximate surface area is 212 Å². The minimum absolute atomic E-state index is 0.0971. The highest BCUT2D eigenvalue weighted by atomic mass is 35.5. The predicted octanol–water partition coefficient (Wildman–Crippen LogP) is 5.42. The van der Waals surface area contributed by atoms with E-state index in [9.17, 15) is 14.3 Å². The van der Waals surface area contributed by atoms with Crippen molar-refractivity contribution >= 4 is 17.6 Å². The molecule has 0 unspecified atom stereocenters. The Morgan fingerprint density at radius 1 is 1.31 bits per heavy atom. The molecule has 1 aliphatic heterocycles. The summed E-state index contributed by atoms with van der Waals surface area (Å²) in [5.41, 5.74) is 0. The van der Waals surface area contributed by atoms with Gasteiger partial charge in [-0.3, -0.25) is 4.79 Å². The van der Waals surface area contributed by atoms with E-state index in [0.29, 0.717) is 43.2 Å². The minimum atomic E-state index is -1.15. The van der Waals surface area contributed by atoms with Gasteiger partial charge in [0.2, 0.25) is 5.79 Å². The Kier molecular flexibility index (Phi) is 10.6. The number of esters is 1. The number of rotatable bonds is 12. The second-order valence-electron chi connectivity index (χ2n) is 9.31. The zero-order chi connectivity index (χ0) is 25.3. The zero-order valence-corrected chi connectivity index (χ0v) is 21.2. The molecule has 0 spiro atoms. The van der Waals surface area contributed by atoms with Gasteiger partial charge in [0, 0.05) is 23.8 Å². The average Bonchev–Trinajstić information content (AvgIpc) is 3.37. The van der Waals surface area contributed by atoms with E-state index in [-0.39, 0.29) is 31.0 Å². The number of allylic oxidation sites excluding steroid dienone is 3. The lowest BCUT2D eigenvalue weighted by molar-refractivity contribution is -0.147. The number of halogens is 2. The molecule has 0 aromatic heterocycles. The number of alkyl halides is 1. The summed E-state index contributed by atoms with van der Waals surface area (Å²) in [5, 5.41) is 11.0. The fourth-order valence-electron chi connectivity index (χ4n) is 4.42. The van der Waals surface area contributed by atoms with Gasteiger partial charge in [-0.25, -0.2) is 4.39 Å². The van der Waals surface area contributed by atoms with Crippen LogP contribution in [0.4, 0.5) is 4.39 Å². The lowest BCUT2D eigenvalue weighted by Gasteiger charge is -2.25. The van der Waals surface area contributed by atoms with Gasteiger partial charge < -0.3 is 24.1 Å². The maximum Gasteiger partial charge on any atom is 0.306 e. The summed E-state index contributed by atoms with van der Waals surface area (Å²) >= 11 is 6.02. The molecule has 2 aliphatic rings. The van der Waals surface area contributed by atoms with E-state index in [1.807, 2.05) is 26.0 Å². The molecule has 1 saturated heterocycles. The van der Waals surface area contributed by atoms with Crippen LogP contribution < -0.4 is 4.74 Å². The van der Waals surface area contributed by atoms with Crippen molar-refractivity contribution in [3.8, 4) is 5.75 Å². The third-order valence-electron chi connectivity index (χ3n) is 6.15. The molecule has 1 aliphatic carbocycles. The van der Waals surface area contributed by atoms with E-state index in [1.165, 1.54) is 0 Å². The van der Waals surface area contributed by atoms with Gasteiger partial charge >= 0.3 is 5.97 Å². The number of hydrogen-bond donors (Lipinski definition) is 1. The Bertz CT molecular complexity index is 867. The summed E-state index contributed by atoms with van der Waals surface area (Å²) in [7, 11) is 0. The molecule has 0 bridgehead atoms.